The summed E-state index contributed by atoms with van der Waals surface area (Å²) in [6.07, 6.45) is -4.48. The third kappa shape index (κ3) is 5.83. The summed E-state index contributed by atoms with van der Waals surface area (Å²) in [5, 5.41) is 5.07. The molecule has 4 rings (SSSR count). The Kier molecular flexibility index (Phi) is 6.55. The highest BCUT2D eigenvalue weighted by molar-refractivity contribution is 8.00. The van der Waals surface area contributed by atoms with Gasteiger partial charge in [0.1, 0.15) is 13.2 Å². The lowest BCUT2D eigenvalue weighted by atomic mass is 10.2. The number of fused-ring (bicyclic) bond motifs is 1. The van der Waals surface area contributed by atoms with E-state index in [2.05, 4.69) is 15.4 Å². The molecule has 0 aromatic heterocycles. The number of ether oxygens (including phenoxy) is 2. The van der Waals surface area contributed by atoms with Crippen LogP contribution < -0.4 is 24.8 Å². The lowest BCUT2D eigenvalue weighted by Crippen LogP contribution is -2.20. The number of carbonyl (C=O) groups excluding carboxylic acids is 1. The number of alkyl halides is 3. The Balaban J connectivity index is 1.39. The molecule has 10 heteroatoms. The number of carbonyl (C=O) groups is 1. The molecule has 0 bridgehead atoms. The molecule has 2 amide bonds. The molecule has 1 aliphatic heterocycles. The van der Waals surface area contributed by atoms with Crippen LogP contribution in [0.4, 0.5) is 35.0 Å². The van der Waals surface area contributed by atoms with Crippen LogP contribution in [0, 0.1) is 6.92 Å². The molecule has 0 atom stereocenters. The molecule has 6 nitrogen and oxygen atoms in total. The Hall–Kier alpha value is -3.53. The molecule has 3 N–H and O–H groups in total. The van der Waals surface area contributed by atoms with Gasteiger partial charge in [-0.1, -0.05) is 12.1 Å². The highest BCUT2D eigenvalue weighted by atomic mass is 32.2. The maximum absolute atomic E-state index is 12.9. The van der Waals surface area contributed by atoms with Gasteiger partial charge in [0, 0.05) is 28.0 Å². The maximum Gasteiger partial charge on any atom is 0.416 e. The van der Waals surface area contributed by atoms with E-state index in [-0.39, 0.29) is 5.69 Å². The first kappa shape index (κ1) is 22.7. The summed E-state index contributed by atoms with van der Waals surface area (Å²) in [5.41, 5.74) is 1.51. The lowest BCUT2D eigenvalue weighted by Gasteiger charge is -2.19. The standard InChI is InChI=1S/C23H20F3N3O3S/c1-14-5-6-17(28-22(30)27-16-4-2-3-15(11-16)23(24,25)26)13-21(14)33-29-18-7-8-19-20(12-18)32-10-9-31-19/h2-8,11-13,29H,9-10H2,1H3,(H2,27,28,30). The largest absolute Gasteiger partial charge is 0.486 e. The Bertz CT molecular complexity index is 1170. The summed E-state index contributed by atoms with van der Waals surface area (Å²) in [7, 11) is 0. The number of hydrogen-bond acceptors (Lipinski definition) is 5. The van der Waals surface area contributed by atoms with Crippen molar-refractivity contribution in [1.82, 2.24) is 0 Å². The van der Waals surface area contributed by atoms with Crippen molar-refractivity contribution in [3.05, 3.63) is 71.8 Å². The van der Waals surface area contributed by atoms with Crippen LogP contribution in [0.1, 0.15) is 11.1 Å². The number of rotatable bonds is 5. The number of urea groups is 1. The molecule has 0 unspecified atom stereocenters. The predicted octanol–water partition coefficient (Wildman–Crippen LogP) is 6.55. The van der Waals surface area contributed by atoms with Crippen molar-refractivity contribution < 1.29 is 27.4 Å². The van der Waals surface area contributed by atoms with Crippen LogP contribution in [0.2, 0.25) is 0 Å². The molecule has 33 heavy (non-hydrogen) atoms. The molecule has 3 aromatic rings. The molecular formula is C23H20F3N3O3S. The molecule has 0 fully saturated rings. The second kappa shape index (κ2) is 9.53. The molecule has 0 saturated heterocycles. The number of aryl methyl sites for hydroxylation is 1. The Morgan fingerprint density at radius 2 is 1.58 bits per heavy atom. The van der Waals surface area contributed by atoms with Crippen LogP contribution in [0.15, 0.2) is 65.6 Å². The SMILES string of the molecule is Cc1ccc(NC(=O)Nc2cccc(C(F)(F)F)c2)cc1SNc1ccc2c(c1)OCCO2. The molecule has 0 spiro atoms. The zero-order valence-electron chi connectivity index (χ0n) is 17.5. The van der Waals surface area contributed by atoms with Gasteiger partial charge in [-0.25, -0.2) is 4.79 Å². The van der Waals surface area contributed by atoms with Gasteiger partial charge in [0.25, 0.3) is 0 Å². The van der Waals surface area contributed by atoms with E-state index < -0.39 is 17.8 Å². The van der Waals surface area contributed by atoms with E-state index in [1.165, 1.54) is 24.1 Å². The van der Waals surface area contributed by atoms with Crippen molar-refractivity contribution in [3.63, 3.8) is 0 Å². The predicted molar refractivity (Wildman–Crippen MR) is 122 cm³/mol. The van der Waals surface area contributed by atoms with Crippen LogP contribution in [0.3, 0.4) is 0 Å². The number of nitrogens with one attached hydrogen (secondary N) is 3. The fraction of sp³-hybridized carbons (Fsp3) is 0.174. The first-order valence-electron chi connectivity index (χ1n) is 9.96. The van der Waals surface area contributed by atoms with Crippen molar-refractivity contribution in [2.45, 2.75) is 18.0 Å². The van der Waals surface area contributed by atoms with E-state index in [1.54, 1.807) is 12.1 Å². The van der Waals surface area contributed by atoms with Gasteiger partial charge >= 0.3 is 12.2 Å². The molecule has 0 aliphatic carbocycles. The minimum atomic E-state index is -4.48. The third-order valence-corrected chi connectivity index (χ3v) is 5.71. The normalized spacial score (nSPS) is 12.7. The van der Waals surface area contributed by atoms with Gasteiger partial charge in [-0.15, -0.1) is 0 Å². The summed E-state index contributed by atoms with van der Waals surface area (Å²) in [5.74, 6) is 1.37. The third-order valence-electron chi connectivity index (χ3n) is 4.71. The topological polar surface area (TPSA) is 71.6 Å². The second-order valence-electron chi connectivity index (χ2n) is 7.20. The van der Waals surface area contributed by atoms with Crippen molar-refractivity contribution in [1.29, 1.82) is 0 Å². The van der Waals surface area contributed by atoms with Gasteiger partial charge < -0.3 is 24.8 Å². The molecule has 3 aromatic carbocycles. The van der Waals surface area contributed by atoms with Crippen molar-refractivity contribution in [2.24, 2.45) is 0 Å². The number of halogens is 3. The zero-order valence-corrected chi connectivity index (χ0v) is 18.3. The van der Waals surface area contributed by atoms with E-state index >= 15 is 0 Å². The van der Waals surface area contributed by atoms with Crippen molar-refractivity contribution in [3.8, 4) is 11.5 Å². The molecule has 172 valence electrons. The fourth-order valence-electron chi connectivity index (χ4n) is 3.08. The van der Waals surface area contributed by atoms with Gasteiger partial charge in [-0.05, 0) is 66.9 Å². The van der Waals surface area contributed by atoms with Crippen molar-refractivity contribution in [2.75, 3.05) is 28.6 Å². The molecule has 1 heterocycles. The minimum absolute atomic E-state index is 0.0457. The highest BCUT2D eigenvalue weighted by Gasteiger charge is 2.30. The minimum Gasteiger partial charge on any atom is -0.486 e. The van der Waals surface area contributed by atoms with Crippen molar-refractivity contribution >= 4 is 35.0 Å². The molecule has 1 aliphatic rings. The Morgan fingerprint density at radius 3 is 2.33 bits per heavy atom. The number of anilines is 3. The highest BCUT2D eigenvalue weighted by Crippen LogP contribution is 2.35. The molecule has 0 radical (unpaired) electrons. The average Bonchev–Trinajstić information content (AvgIpc) is 2.79. The van der Waals surface area contributed by atoms with E-state index in [1.807, 2.05) is 31.2 Å². The number of amides is 2. The van der Waals surface area contributed by atoms with E-state index in [9.17, 15) is 18.0 Å². The maximum atomic E-state index is 12.9. The summed E-state index contributed by atoms with van der Waals surface area (Å²) >= 11 is 1.36. The number of benzene rings is 3. The van der Waals surface area contributed by atoms with Crippen LogP contribution in [-0.4, -0.2) is 19.2 Å². The van der Waals surface area contributed by atoms with E-state index in [0.29, 0.717) is 30.4 Å². The average molecular weight is 475 g/mol. The monoisotopic (exact) mass is 475 g/mol. The van der Waals surface area contributed by atoms with E-state index in [0.717, 1.165) is 28.3 Å². The number of hydrogen-bond donors (Lipinski definition) is 3. The fourth-order valence-corrected chi connectivity index (χ4v) is 3.84. The second-order valence-corrected chi connectivity index (χ2v) is 8.05. The Labute approximate surface area is 192 Å². The van der Waals surface area contributed by atoms with E-state index in [4.69, 9.17) is 9.47 Å². The van der Waals surface area contributed by atoms with Crippen LogP contribution in [-0.2, 0) is 6.18 Å². The smallest absolute Gasteiger partial charge is 0.416 e. The Morgan fingerprint density at radius 1 is 0.879 bits per heavy atom. The zero-order chi connectivity index (χ0) is 23.4. The first-order valence-corrected chi connectivity index (χ1v) is 10.8. The summed E-state index contributed by atoms with van der Waals surface area (Å²) in [4.78, 5) is 13.2. The van der Waals surface area contributed by atoms with Gasteiger partial charge in [0.2, 0.25) is 0 Å². The van der Waals surface area contributed by atoms with Gasteiger partial charge in [0.05, 0.1) is 5.56 Å². The summed E-state index contributed by atoms with van der Waals surface area (Å²) in [6.45, 7) is 2.95. The van der Waals surface area contributed by atoms with Gasteiger partial charge in [-0.2, -0.15) is 13.2 Å². The van der Waals surface area contributed by atoms with Gasteiger partial charge in [-0.3, -0.25) is 0 Å². The lowest BCUT2D eigenvalue weighted by molar-refractivity contribution is -0.137. The molecular weight excluding hydrogens is 455 g/mol. The van der Waals surface area contributed by atoms with Crippen LogP contribution in [0.25, 0.3) is 0 Å². The quantitative estimate of drug-likeness (QED) is 0.365. The summed E-state index contributed by atoms with van der Waals surface area (Å²) < 4.78 is 52.9. The molecule has 0 saturated carbocycles. The first-order chi connectivity index (χ1) is 15.8. The van der Waals surface area contributed by atoms with Crippen LogP contribution in [0.5, 0.6) is 11.5 Å². The van der Waals surface area contributed by atoms with Gasteiger partial charge in [0.15, 0.2) is 11.5 Å². The van der Waals surface area contributed by atoms with Crippen LogP contribution >= 0.6 is 11.9 Å². The summed E-state index contributed by atoms with van der Waals surface area (Å²) in [6, 6.07) is 14.7.